The lowest BCUT2D eigenvalue weighted by Crippen LogP contribution is -2.56. The molecule has 0 aromatic rings. The van der Waals surface area contributed by atoms with Crippen LogP contribution in [0.3, 0.4) is 0 Å². The molecule has 0 heterocycles. The van der Waals surface area contributed by atoms with E-state index in [1.165, 1.54) is 0 Å². The third kappa shape index (κ3) is 5.59. The number of halogens is 1. The van der Waals surface area contributed by atoms with Crippen molar-refractivity contribution in [2.75, 3.05) is 6.61 Å². The molecule has 0 aromatic carbocycles. The molecule has 1 saturated carbocycles. The molecule has 1 fully saturated rings. The summed E-state index contributed by atoms with van der Waals surface area (Å²) >= 11 is 0. The van der Waals surface area contributed by atoms with Crippen LogP contribution in [0.25, 0.3) is 10.4 Å². The standard InChI is InChI=1S/C14H23FN4O4/c1-5-22-12(20)8-6-7-9(15)11(18-19-16)10(8)17-13(21)23-14(2,3)4/h8-11H,5-7H2,1-4H3,(H,17,21)/t8-,9-,10-,11-/m0/s1. The maximum absolute atomic E-state index is 14.1. The first-order valence-corrected chi connectivity index (χ1v) is 7.54. The van der Waals surface area contributed by atoms with E-state index in [1.54, 1.807) is 27.7 Å². The molecule has 8 nitrogen and oxygen atoms in total. The smallest absolute Gasteiger partial charge is 0.407 e. The van der Waals surface area contributed by atoms with Gasteiger partial charge >= 0.3 is 12.1 Å². The van der Waals surface area contributed by atoms with E-state index in [9.17, 15) is 14.0 Å². The Balaban J connectivity index is 2.99. The number of amides is 1. The van der Waals surface area contributed by atoms with Gasteiger partial charge < -0.3 is 14.8 Å². The van der Waals surface area contributed by atoms with Crippen LogP contribution in [0.5, 0.6) is 0 Å². The number of azide groups is 1. The number of nitrogens with zero attached hydrogens (tertiary/aromatic N) is 3. The first-order valence-electron chi connectivity index (χ1n) is 7.54. The van der Waals surface area contributed by atoms with Gasteiger partial charge in [0.1, 0.15) is 11.8 Å². The number of alkyl halides is 1. The summed E-state index contributed by atoms with van der Waals surface area (Å²) in [5.74, 6) is -1.34. The summed E-state index contributed by atoms with van der Waals surface area (Å²) in [7, 11) is 0. The zero-order valence-corrected chi connectivity index (χ0v) is 13.8. The van der Waals surface area contributed by atoms with Gasteiger partial charge in [-0.25, -0.2) is 9.18 Å². The number of ether oxygens (including phenoxy) is 2. The van der Waals surface area contributed by atoms with Gasteiger partial charge in [0.15, 0.2) is 0 Å². The van der Waals surface area contributed by atoms with Gasteiger partial charge in [0.25, 0.3) is 0 Å². The van der Waals surface area contributed by atoms with Crippen LogP contribution in [-0.2, 0) is 14.3 Å². The van der Waals surface area contributed by atoms with Crippen molar-refractivity contribution in [2.45, 2.75) is 64.4 Å². The molecule has 23 heavy (non-hydrogen) atoms. The van der Waals surface area contributed by atoms with E-state index in [2.05, 4.69) is 15.3 Å². The van der Waals surface area contributed by atoms with Gasteiger partial charge in [0.2, 0.25) is 0 Å². The molecule has 0 spiro atoms. The molecular formula is C14H23FN4O4. The Morgan fingerprint density at radius 2 is 2.04 bits per heavy atom. The summed E-state index contributed by atoms with van der Waals surface area (Å²) in [6, 6.07) is -2.20. The van der Waals surface area contributed by atoms with Crippen LogP contribution in [0, 0.1) is 5.92 Å². The Bertz CT molecular complexity index is 488. The SMILES string of the molecule is CCOC(=O)[C@H]1CC[C@H](F)[C@H](N=[N+]=[N-])[C@H]1NC(=O)OC(C)(C)C. The molecule has 0 unspecified atom stereocenters. The largest absolute Gasteiger partial charge is 0.466 e. The minimum Gasteiger partial charge on any atom is -0.466 e. The fourth-order valence-corrected chi connectivity index (χ4v) is 2.50. The second-order valence-electron chi connectivity index (χ2n) is 6.32. The second-order valence-corrected chi connectivity index (χ2v) is 6.32. The number of carbonyl (C=O) groups is 2. The predicted molar refractivity (Wildman–Crippen MR) is 80.3 cm³/mol. The molecule has 0 aromatic heterocycles. The maximum Gasteiger partial charge on any atom is 0.407 e. The Kier molecular flexibility index (Phi) is 6.62. The summed E-state index contributed by atoms with van der Waals surface area (Å²) in [6.45, 7) is 6.86. The molecule has 9 heteroatoms. The van der Waals surface area contributed by atoms with Gasteiger partial charge in [-0.05, 0) is 46.1 Å². The van der Waals surface area contributed by atoms with E-state index in [4.69, 9.17) is 15.0 Å². The molecule has 1 aliphatic carbocycles. The van der Waals surface area contributed by atoms with E-state index in [0.29, 0.717) is 0 Å². The van der Waals surface area contributed by atoms with Crippen LogP contribution in [0.1, 0.15) is 40.5 Å². The highest BCUT2D eigenvalue weighted by Crippen LogP contribution is 2.31. The Labute approximate surface area is 134 Å². The predicted octanol–water partition coefficient (Wildman–Crippen LogP) is 2.87. The molecule has 4 atom stereocenters. The topological polar surface area (TPSA) is 113 Å². The van der Waals surface area contributed by atoms with E-state index >= 15 is 0 Å². The molecule has 1 rings (SSSR count). The first-order chi connectivity index (χ1) is 10.7. The third-order valence-electron chi connectivity index (χ3n) is 3.38. The van der Waals surface area contributed by atoms with E-state index in [1.807, 2.05) is 0 Å². The van der Waals surface area contributed by atoms with Crippen LogP contribution >= 0.6 is 0 Å². The Morgan fingerprint density at radius 1 is 1.39 bits per heavy atom. The number of alkyl carbamates (subject to hydrolysis) is 1. The fraction of sp³-hybridized carbons (Fsp3) is 0.857. The van der Waals surface area contributed by atoms with Crippen molar-refractivity contribution < 1.29 is 23.5 Å². The average Bonchev–Trinajstić information content (AvgIpc) is 2.41. The normalized spacial score (nSPS) is 27.5. The van der Waals surface area contributed by atoms with Crippen molar-refractivity contribution in [2.24, 2.45) is 11.0 Å². The van der Waals surface area contributed by atoms with Crippen LogP contribution in [0.4, 0.5) is 9.18 Å². The quantitative estimate of drug-likeness (QED) is 0.369. The zero-order chi connectivity index (χ0) is 17.6. The van der Waals surface area contributed by atoms with E-state index < -0.39 is 41.8 Å². The minimum absolute atomic E-state index is 0.0552. The van der Waals surface area contributed by atoms with Crippen molar-refractivity contribution in [3.05, 3.63) is 10.4 Å². The van der Waals surface area contributed by atoms with Crippen molar-refractivity contribution in [3.8, 4) is 0 Å². The van der Waals surface area contributed by atoms with E-state index in [-0.39, 0.29) is 19.4 Å². The molecule has 1 N–H and O–H groups in total. The Hall–Kier alpha value is -2.02. The second kappa shape index (κ2) is 8.01. The summed E-state index contributed by atoms with van der Waals surface area (Å²) in [5.41, 5.74) is 7.89. The number of hydrogen-bond acceptors (Lipinski definition) is 5. The number of carbonyl (C=O) groups excluding carboxylic acids is 2. The Morgan fingerprint density at radius 3 is 2.57 bits per heavy atom. The van der Waals surface area contributed by atoms with E-state index in [0.717, 1.165) is 0 Å². The van der Waals surface area contributed by atoms with Crippen molar-refractivity contribution in [1.29, 1.82) is 0 Å². The zero-order valence-electron chi connectivity index (χ0n) is 13.8. The molecule has 130 valence electrons. The summed E-state index contributed by atoms with van der Waals surface area (Å²) in [5, 5.41) is 5.88. The first kappa shape index (κ1) is 19.0. The van der Waals surface area contributed by atoms with Gasteiger partial charge in [0, 0.05) is 4.91 Å². The summed E-state index contributed by atoms with van der Waals surface area (Å²) in [6.07, 6.45) is -2.00. The molecular weight excluding hydrogens is 307 g/mol. The molecule has 0 aliphatic heterocycles. The number of esters is 1. The summed E-state index contributed by atoms with van der Waals surface area (Å²) < 4.78 is 24.2. The number of rotatable bonds is 4. The van der Waals surface area contributed by atoms with Crippen LogP contribution < -0.4 is 5.32 Å². The van der Waals surface area contributed by atoms with Gasteiger partial charge in [-0.2, -0.15) is 0 Å². The lowest BCUT2D eigenvalue weighted by molar-refractivity contribution is -0.150. The van der Waals surface area contributed by atoms with Gasteiger partial charge in [-0.1, -0.05) is 5.11 Å². The lowest BCUT2D eigenvalue weighted by Gasteiger charge is -2.37. The van der Waals surface area contributed by atoms with Crippen molar-refractivity contribution in [3.63, 3.8) is 0 Å². The summed E-state index contributed by atoms with van der Waals surface area (Å²) in [4.78, 5) is 26.6. The van der Waals surface area contributed by atoms with Gasteiger partial charge in [0.05, 0.1) is 24.6 Å². The fourth-order valence-electron chi connectivity index (χ4n) is 2.50. The van der Waals surface area contributed by atoms with Gasteiger partial charge in [-0.3, -0.25) is 4.79 Å². The highest BCUT2D eigenvalue weighted by atomic mass is 19.1. The number of nitrogens with one attached hydrogen (secondary N) is 1. The van der Waals surface area contributed by atoms with Crippen LogP contribution in [-0.4, -0.2) is 42.5 Å². The maximum atomic E-state index is 14.1. The monoisotopic (exact) mass is 330 g/mol. The molecule has 0 saturated heterocycles. The lowest BCUT2D eigenvalue weighted by atomic mass is 9.80. The van der Waals surface area contributed by atoms with Crippen LogP contribution in [0.2, 0.25) is 0 Å². The van der Waals surface area contributed by atoms with Crippen molar-refractivity contribution in [1.82, 2.24) is 5.32 Å². The van der Waals surface area contributed by atoms with Crippen molar-refractivity contribution >= 4 is 12.1 Å². The van der Waals surface area contributed by atoms with Gasteiger partial charge in [-0.15, -0.1) is 0 Å². The molecule has 0 radical (unpaired) electrons. The highest BCUT2D eigenvalue weighted by molar-refractivity contribution is 5.76. The molecule has 1 aliphatic rings. The molecule has 1 amide bonds. The van der Waals surface area contributed by atoms with Crippen LogP contribution in [0.15, 0.2) is 5.11 Å². The third-order valence-corrected chi connectivity index (χ3v) is 3.38. The number of hydrogen-bond donors (Lipinski definition) is 1. The highest BCUT2D eigenvalue weighted by Gasteiger charge is 2.44. The molecule has 0 bridgehead atoms. The minimum atomic E-state index is -1.45. The average molecular weight is 330 g/mol.